The minimum absolute atomic E-state index is 0.149. The fourth-order valence-electron chi connectivity index (χ4n) is 2.82. The van der Waals surface area contributed by atoms with Crippen LogP contribution in [0.5, 0.6) is 11.9 Å². The molecule has 4 heterocycles. The first kappa shape index (κ1) is 17.1. The SMILES string of the molecule is COc1ncc(-c2cnc3nc(N)nc(N4CCOCC4)c3n2)c(OC)n1. The van der Waals surface area contributed by atoms with Gasteiger partial charge in [0, 0.05) is 19.3 Å². The summed E-state index contributed by atoms with van der Waals surface area (Å²) in [6, 6.07) is 0.203. The number of methoxy groups -OCH3 is 2. The number of aromatic nitrogens is 6. The smallest absolute Gasteiger partial charge is 0.319 e. The maximum Gasteiger partial charge on any atom is 0.319 e. The van der Waals surface area contributed by atoms with Gasteiger partial charge in [0.25, 0.3) is 0 Å². The second-order valence-electron chi connectivity index (χ2n) is 5.71. The van der Waals surface area contributed by atoms with Crippen molar-refractivity contribution in [2.24, 2.45) is 0 Å². The van der Waals surface area contributed by atoms with Gasteiger partial charge in [0.05, 0.1) is 44.9 Å². The van der Waals surface area contributed by atoms with Crippen LogP contribution in [0.3, 0.4) is 0 Å². The summed E-state index contributed by atoms with van der Waals surface area (Å²) in [5.74, 6) is 1.11. The Morgan fingerprint density at radius 2 is 1.81 bits per heavy atom. The molecule has 3 aromatic rings. The lowest BCUT2D eigenvalue weighted by Crippen LogP contribution is -2.37. The molecule has 0 saturated carbocycles. The number of nitrogens with two attached hydrogens (primary N) is 1. The van der Waals surface area contributed by atoms with E-state index in [4.69, 9.17) is 24.9 Å². The molecular weight excluding hydrogens is 352 g/mol. The molecule has 1 fully saturated rings. The van der Waals surface area contributed by atoms with Crippen LogP contribution >= 0.6 is 0 Å². The van der Waals surface area contributed by atoms with Gasteiger partial charge in [0.15, 0.2) is 17.0 Å². The molecule has 11 heteroatoms. The lowest BCUT2D eigenvalue weighted by atomic mass is 10.2. The fraction of sp³-hybridized carbons (Fsp3) is 0.375. The van der Waals surface area contributed by atoms with E-state index in [2.05, 4.69) is 29.8 Å². The average Bonchev–Trinajstić information content (AvgIpc) is 2.73. The van der Waals surface area contributed by atoms with Crippen molar-refractivity contribution in [3.05, 3.63) is 12.4 Å². The number of fused-ring (bicyclic) bond motifs is 1. The second kappa shape index (κ2) is 7.11. The summed E-state index contributed by atoms with van der Waals surface area (Å²) in [6.45, 7) is 2.59. The van der Waals surface area contributed by atoms with E-state index in [1.807, 2.05) is 0 Å². The molecule has 0 aliphatic carbocycles. The van der Waals surface area contributed by atoms with Crippen molar-refractivity contribution in [1.82, 2.24) is 29.9 Å². The number of rotatable bonds is 4. The molecule has 4 rings (SSSR count). The van der Waals surface area contributed by atoms with Gasteiger partial charge in [0.2, 0.25) is 11.8 Å². The number of anilines is 2. The average molecular weight is 370 g/mol. The van der Waals surface area contributed by atoms with Gasteiger partial charge in [-0.1, -0.05) is 0 Å². The van der Waals surface area contributed by atoms with E-state index in [9.17, 15) is 0 Å². The van der Waals surface area contributed by atoms with E-state index in [1.165, 1.54) is 14.2 Å². The number of ether oxygens (including phenoxy) is 3. The van der Waals surface area contributed by atoms with E-state index in [-0.39, 0.29) is 12.0 Å². The van der Waals surface area contributed by atoms with Crippen molar-refractivity contribution in [3.8, 4) is 23.1 Å². The molecule has 11 nitrogen and oxygen atoms in total. The minimum atomic E-state index is 0.149. The Balaban J connectivity index is 1.85. The van der Waals surface area contributed by atoms with Crippen LogP contribution in [0, 0.1) is 0 Å². The quantitative estimate of drug-likeness (QED) is 0.680. The van der Waals surface area contributed by atoms with Crippen LogP contribution in [0.25, 0.3) is 22.4 Å². The molecule has 0 radical (unpaired) electrons. The number of morpholine rings is 1. The summed E-state index contributed by atoms with van der Waals surface area (Å²) in [5.41, 5.74) is 7.93. The summed E-state index contributed by atoms with van der Waals surface area (Å²) < 4.78 is 15.8. The van der Waals surface area contributed by atoms with Gasteiger partial charge >= 0.3 is 6.01 Å². The van der Waals surface area contributed by atoms with Gasteiger partial charge in [-0.3, -0.25) is 0 Å². The van der Waals surface area contributed by atoms with Crippen LogP contribution in [-0.2, 0) is 4.74 Å². The van der Waals surface area contributed by atoms with Crippen LogP contribution in [-0.4, -0.2) is 70.4 Å². The molecule has 0 bridgehead atoms. The Morgan fingerprint density at radius 1 is 1.00 bits per heavy atom. The highest BCUT2D eigenvalue weighted by molar-refractivity contribution is 5.86. The first-order valence-electron chi connectivity index (χ1n) is 8.28. The Morgan fingerprint density at radius 3 is 2.56 bits per heavy atom. The fourth-order valence-corrected chi connectivity index (χ4v) is 2.82. The van der Waals surface area contributed by atoms with Crippen LogP contribution in [0.4, 0.5) is 11.8 Å². The highest BCUT2D eigenvalue weighted by Crippen LogP contribution is 2.30. The largest absolute Gasteiger partial charge is 0.480 e. The van der Waals surface area contributed by atoms with E-state index in [1.54, 1.807) is 12.4 Å². The zero-order valence-corrected chi connectivity index (χ0v) is 14.9. The van der Waals surface area contributed by atoms with E-state index >= 15 is 0 Å². The summed E-state index contributed by atoms with van der Waals surface area (Å²) >= 11 is 0. The lowest BCUT2D eigenvalue weighted by Gasteiger charge is -2.28. The van der Waals surface area contributed by atoms with E-state index in [0.717, 1.165) is 0 Å². The number of nitrogen functional groups attached to an aromatic ring is 1. The van der Waals surface area contributed by atoms with Crippen molar-refractivity contribution in [1.29, 1.82) is 0 Å². The van der Waals surface area contributed by atoms with Gasteiger partial charge in [-0.05, 0) is 0 Å². The highest BCUT2D eigenvalue weighted by atomic mass is 16.5. The monoisotopic (exact) mass is 370 g/mol. The number of nitrogens with zero attached hydrogens (tertiary/aromatic N) is 7. The first-order valence-corrected chi connectivity index (χ1v) is 8.28. The van der Waals surface area contributed by atoms with Crippen molar-refractivity contribution in [2.75, 3.05) is 51.2 Å². The van der Waals surface area contributed by atoms with Gasteiger partial charge in [-0.25, -0.2) is 15.0 Å². The van der Waals surface area contributed by atoms with Crippen molar-refractivity contribution in [3.63, 3.8) is 0 Å². The zero-order valence-electron chi connectivity index (χ0n) is 14.9. The molecule has 0 unspecified atom stereocenters. The standard InChI is InChI=1S/C16H18N8O3/c1-25-14-9(7-19-16(23-14)26-2)10-8-18-12-11(20-10)13(22-15(17)21-12)24-3-5-27-6-4-24/h7-8H,3-6H2,1-2H3,(H2,17,18,21,22). The third-order valence-corrected chi connectivity index (χ3v) is 4.10. The number of hydrogen-bond acceptors (Lipinski definition) is 11. The molecule has 0 amide bonds. The minimum Gasteiger partial charge on any atom is -0.480 e. The first-order chi connectivity index (χ1) is 13.2. The summed E-state index contributed by atoms with van der Waals surface area (Å²) in [7, 11) is 3.00. The molecule has 0 spiro atoms. The predicted molar refractivity (Wildman–Crippen MR) is 96.7 cm³/mol. The Bertz CT molecular complexity index is 977. The molecule has 1 aliphatic rings. The Hall–Kier alpha value is -3.34. The summed E-state index contributed by atoms with van der Waals surface area (Å²) in [5, 5.41) is 0. The van der Waals surface area contributed by atoms with Gasteiger partial charge in [-0.2, -0.15) is 15.0 Å². The van der Waals surface area contributed by atoms with Crippen LogP contribution in [0.2, 0.25) is 0 Å². The molecule has 1 saturated heterocycles. The Kier molecular flexibility index (Phi) is 4.50. The van der Waals surface area contributed by atoms with Crippen molar-refractivity contribution in [2.45, 2.75) is 0 Å². The summed E-state index contributed by atoms with van der Waals surface area (Å²) in [4.78, 5) is 28.0. The number of hydrogen-bond donors (Lipinski definition) is 1. The second-order valence-corrected chi connectivity index (χ2v) is 5.71. The molecular formula is C16H18N8O3. The predicted octanol–water partition coefficient (Wildman–Crippen LogP) is 0.313. The van der Waals surface area contributed by atoms with E-state index < -0.39 is 0 Å². The third kappa shape index (κ3) is 3.24. The maximum absolute atomic E-state index is 5.86. The molecule has 0 atom stereocenters. The molecule has 3 aromatic heterocycles. The van der Waals surface area contributed by atoms with Crippen LogP contribution < -0.4 is 20.1 Å². The molecule has 140 valence electrons. The van der Waals surface area contributed by atoms with Gasteiger partial charge in [-0.15, -0.1) is 0 Å². The third-order valence-electron chi connectivity index (χ3n) is 4.10. The van der Waals surface area contributed by atoms with Gasteiger partial charge < -0.3 is 24.8 Å². The lowest BCUT2D eigenvalue weighted by molar-refractivity contribution is 0.122. The van der Waals surface area contributed by atoms with Crippen LogP contribution in [0.1, 0.15) is 0 Å². The van der Waals surface area contributed by atoms with Crippen molar-refractivity contribution >= 4 is 22.9 Å². The topological polar surface area (TPSA) is 134 Å². The highest BCUT2D eigenvalue weighted by Gasteiger charge is 2.20. The maximum atomic E-state index is 5.86. The molecule has 1 aliphatic heterocycles. The van der Waals surface area contributed by atoms with Crippen molar-refractivity contribution < 1.29 is 14.2 Å². The van der Waals surface area contributed by atoms with Crippen LogP contribution in [0.15, 0.2) is 12.4 Å². The Labute approximate surface area is 154 Å². The summed E-state index contributed by atoms with van der Waals surface area (Å²) in [6.07, 6.45) is 3.15. The zero-order chi connectivity index (χ0) is 18.8. The molecule has 0 aromatic carbocycles. The molecule has 27 heavy (non-hydrogen) atoms. The van der Waals surface area contributed by atoms with E-state index in [0.29, 0.717) is 60.4 Å². The molecule has 2 N–H and O–H groups in total. The normalized spacial score (nSPS) is 14.4. The van der Waals surface area contributed by atoms with Gasteiger partial charge in [0.1, 0.15) is 0 Å².